The topological polar surface area (TPSA) is 53.9 Å². The maximum Gasteiger partial charge on any atom is 0.254 e. The van der Waals surface area contributed by atoms with Crippen LogP contribution in [-0.4, -0.2) is 49.9 Å². The SMILES string of the molecule is Cc1ccsc1/C=N\NC(=O)CN1CCOCC1. The van der Waals surface area contributed by atoms with E-state index in [1.54, 1.807) is 17.6 Å². The van der Waals surface area contributed by atoms with Gasteiger partial charge in [0, 0.05) is 18.0 Å². The van der Waals surface area contributed by atoms with Crippen molar-refractivity contribution in [1.82, 2.24) is 10.3 Å². The van der Waals surface area contributed by atoms with Gasteiger partial charge in [0.2, 0.25) is 0 Å². The molecule has 1 aliphatic rings. The molecule has 1 saturated heterocycles. The normalized spacial score (nSPS) is 17.2. The summed E-state index contributed by atoms with van der Waals surface area (Å²) < 4.78 is 5.22. The summed E-state index contributed by atoms with van der Waals surface area (Å²) in [5, 5.41) is 5.97. The van der Waals surface area contributed by atoms with E-state index in [0.29, 0.717) is 19.8 Å². The number of hydrazone groups is 1. The number of hydrogen-bond donors (Lipinski definition) is 1. The van der Waals surface area contributed by atoms with Crippen LogP contribution in [-0.2, 0) is 9.53 Å². The lowest BCUT2D eigenvalue weighted by Crippen LogP contribution is -2.42. The third-order valence-corrected chi connectivity index (χ3v) is 3.70. The molecule has 0 saturated carbocycles. The lowest BCUT2D eigenvalue weighted by Gasteiger charge is -2.25. The van der Waals surface area contributed by atoms with Gasteiger partial charge in [0.05, 0.1) is 26.0 Å². The first-order valence-corrected chi connectivity index (χ1v) is 6.80. The van der Waals surface area contributed by atoms with Gasteiger partial charge in [-0.3, -0.25) is 9.69 Å². The number of carbonyl (C=O) groups excluding carboxylic acids is 1. The second kappa shape index (κ2) is 6.63. The molecule has 0 bridgehead atoms. The smallest absolute Gasteiger partial charge is 0.254 e. The fourth-order valence-electron chi connectivity index (χ4n) is 1.68. The van der Waals surface area contributed by atoms with Crippen LogP contribution in [0.3, 0.4) is 0 Å². The fourth-order valence-corrected chi connectivity index (χ4v) is 2.46. The van der Waals surface area contributed by atoms with Crippen LogP contribution in [0.15, 0.2) is 16.5 Å². The van der Waals surface area contributed by atoms with Crippen LogP contribution in [0, 0.1) is 6.92 Å². The Balaban J connectivity index is 1.74. The van der Waals surface area contributed by atoms with E-state index in [2.05, 4.69) is 15.4 Å². The summed E-state index contributed by atoms with van der Waals surface area (Å²) >= 11 is 1.61. The van der Waals surface area contributed by atoms with E-state index in [1.807, 2.05) is 18.4 Å². The van der Waals surface area contributed by atoms with Crippen LogP contribution in [0.1, 0.15) is 10.4 Å². The van der Waals surface area contributed by atoms with E-state index in [4.69, 9.17) is 4.74 Å². The summed E-state index contributed by atoms with van der Waals surface area (Å²) in [4.78, 5) is 14.8. The molecular weight excluding hydrogens is 250 g/mol. The molecule has 98 valence electrons. The molecule has 0 radical (unpaired) electrons. The van der Waals surface area contributed by atoms with E-state index < -0.39 is 0 Å². The quantitative estimate of drug-likeness (QED) is 0.649. The average molecular weight is 267 g/mol. The Morgan fingerprint density at radius 2 is 2.39 bits per heavy atom. The number of thiophene rings is 1. The molecule has 2 rings (SSSR count). The molecule has 18 heavy (non-hydrogen) atoms. The first kappa shape index (κ1) is 13.2. The number of hydrogen-bond acceptors (Lipinski definition) is 5. The van der Waals surface area contributed by atoms with Gasteiger partial charge in [-0.05, 0) is 23.9 Å². The highest BCUT2D eigenvalue weighted by atomic mass is 32.1. The average Bonchev–Trinajstić information content (AvgIpc) is 2.76. The summed E-state index contributed by atoms with van der Waals surface area (Å²) in [5.74, 6) is -0.0811. The predicted octanol–water partition coefficient (Wildman–Crippen LogP) is 0.839. The zero-order chi connectivity index (χ0) is 12.8. The minimum atomic E-state index is -0.0811. The van der Waals surface area contributed by atoms with Crippen LogP contribution < -0.4 is 5.43 Å². The number of morpholine rings is 1. The molecule has 1 amide bonds. The number of carbonyl (C=O) groups is 1. The summed E-state index contributed by atoms with van der Waals surface area (Å²) in [6, 6.07) is 2.03. The van der Waals surface area contributed by atoms with Gasteiger partial charge in [-0.25, -0.2) is 5.43 Å². The second-order valence-corrected chi connectivity index (χ2v) is 5.10. The number of rotatable bonds is 4. The van der Waals surface area contributed by atoms with Crippen molar-refractivity contribution in [3.8, 4) is 0 Å². The molecule has 5 nitrogen and oxygen atoms in total. The highest BCUT2D eigenvalue weighted by molar-refractivity contribution is 7.11. The van der Waals surface area contributed by atoms with E-state index in [9.17, 15) is 4.79 Å². The van der Waals surface area contributed by atoms with Gasteiger partial charge < -0.3 is 4.74 Å². The highest BCUT2D eigenvalue weighted by Crippen LogP contribution is 2.12. The van der Waals surface area contributed by atoms with E-state index >= 15 is 0 Å². The Bertz CT molecular complexity index is 425. The number of nitrogens with zero attached hydrogens (tertiary/aromatic N) is 2. The molecule has 0 atom stereocenters. The lowest BCUT2D eigenvalue weighted by atomic mass is 10.3. The molecule has 1 aromatic heterocycles. The molecule has 2 heterocycles. The molecular formula is C12H17N3O2S. The first-order valence-electron chi connectivity index (χ1n) is 5.92. The fraction of sp³-hybridized carbons (Fsp3) is 0.500. The van der Waals surface area contributed by atoms with Crippen molar-refractivity contribution >= 4 is 23.5 Å². The van der Waals surface area contributed by atoms with Gasteiger partial charge in [-0.15, -0.1) is 11.3 Å². The van der Waals surface area contributed by atoms with Crippen LogP contribution in [0.2, 0.25) is 0 Å². The molecule has 1 fully saturated rings. The Kier molecular flexibility index (Phi) is 4.86. The van der Waals surface area contributed by atoms with Gasteiger partial charge in [0.25, 0.3) is 5.91 Å². The van der Waals surface area contributed by atoms with Crippen LogP contribution in [0.4, 0.5) is 0 Å². The van der Waals surface area contributed by atoms with Crippen molar-refractivity contribution in [3.63, 3.8) is 0 Å². The zero-order valence-electron chi connectivity index (χ0n) is 10.4. The standard InChI is InChI=1S/C12H17N3O2S/c1-10-2-7-18-11(10)8-13-14-12(16)9-15-3-5-17-6-4-15/h2,7-8H,3-6,9H2,1H3,(H,14,16)/b13-8-. The minimum Gasteiger partial charge on any atom is -0.379 e. The monoisotopic (exact) mass is 267 g/mol. The Hall–Kier alpha value is -1.24. The molecule has 0 aromatic carbocycles. The van der Waals surface area contributed by atoms with Gasteiger partial charge in [0.1, 0.15) is 0 Å². The molecule has 1 aliphatic heterocycles. The van der Waals surface area contributed by atoms with Gasteiger partial charge in [-0.1, -0.05) is 0 Å². The van der Waals surface area contributed by atoms with E-state index in [1.165, 1.54) is 5.56 Å². The maximum absolute atomic E-state index is 11.6. The molecule has 6 heteroatoms. The molecule has 0 aliphatic carbocycles. The molecule has 1 aromatic rings. The third kappa shape index (κ3) is 3.90. The van der Waals surface area contributed by atoms with Crippen LogP contribution in [0.25, 0.3) is 0 Å². The zero-order valence-corrected chi connectivity index (χ0v) is 11.2. The van der Waals surface area contributed by atoms with Crippen molar-refractivity contribution in [2.24, 2.45) is 5.10 Å². The summed E-state index contributed by atoms with van der Waals surface area (Å²) in [6.45, 7) is 5.41. The summed E-state index contributed by atoms with van der Waals surface area (Å²) in [5.41, 5.74) is 3.72. The van der Waals surface area contributed by atoms with Crippen LogP contribution in [0.5, 0.6) is 0 Å². The molecule has 0 unspecified atom stereocenters. The number of amides is 1. The van der Waals surface area contributed by atoms with E-state index in [0.717, 1.165) is 18.0 Å². The second-order valence-electron chi connectivity index (χ2n) is 4.15. The van der Waals surface area contributed by atoms with Gasteiger partial charge >= 0.3 is 0 Å². The minimum absolute atomic E-state index is 0.0811. The van der Waals surface area contributed by atoms with E-state index in [-0.39, 0.29) is 5.91 Å². The lowest BCUT2D eigenvalue weighted by molar-refractivity contribution is -0.123. The van der Waals surface area contributed by atoms with Crippen LogP contribution >= 0.6 is 11.3 Å². The molecule has 0 spiro atoms. The summed E-state index contributed by atoms with van der Waals surface area (Å²) in [7, 11) is 0. The largest absolute Gasteiger partial charge is 0.379 e. The van der Waals surface area contributed by atoms with Crippen molar-refractivity contribution < 1.29 is 9.53 Å². The van der Waals surface area contributed by atoms with Gasteiger partial charge in [-0.2, -0.15) is 5.10 Å². The summed E-state index contributed by atoms with van der Waals surface area (Å²) in [6.07, 6.45) is 1.69. The highest BCUT2D eigenvalue weighted by Gasteiger charge is 2.13. The Morgan fingerprint density at radius 3 is 3.06 bits per heavy atom. The Labute approximate surface area is 110 Å². The van der Waals surface area contributed by atoms with Crippen molar-refractivity contribution in [2.75, 3.05) is 32.8 Å². The third-order valence-electron chi connectivity index (χ3n) is 2.74. The van der Waals surface area contributed by atoms with Gasteiger partial charge in [0.15, 0.2) is 0 Å². The number of nitrogens with one attached hydrogen (secondary N) is 1. The number of ether oxygens (including phenoxy) is 1. The predicted molar refractivity (Wildman–Crippen MR) is 72.1 cm³/mol. The van der Waals surface area contributed by atoms with Crippen molar-refractivity contribution in [2.45, 2.75) is 6.92 Å². The first-order chi connectivity index (χ1) is 8.75. The van der Waals surface area contributed by atoms with Crippen molar-refractivity contribution in [3.05, 3.63) is 21.9 Å². The molecule has 1 N–H and O–H groups in total. The Morgan fingerprint density at radius 1 is 1.61 bits per heavy atom. The van der Waals surface area contributed by atoms with Crippen molar-refractivity contribution in [1.29, 1.82) is 0 Å². The number of aryl methyl sites for hydroxylation is 1. The maximum atomic E-state index is 11.6.